The van der Waals surface area contributed by atoms with E-state index in [0.717, 1.165) is 51.2 Å². The summed E-state index contributed by atoms with van der Waals surface area (Å²) in [5.74, 6) is 2.21. The maximum Gasteiger partial charge on any atom is 0.0751 e. The summed E-state index contributed by atoms with van der Waals surface area (Å²) in [6, 6.07) is 38.0. The van der Waals surface area contributed by atoms with Gasteiger partial charge in [-0.15, -0.1) is 108 Å². The largest absolute Gasteiger partial charge is 0.285 e. The van der Waals surface area contributed by atoms with Gasteiger partial charge in [-0.25, -0.2) is 0 Å². The Kier molecular flexibility index (Phi) is 17.4. The van der Waals surface area contributed by atoms with Gasteiger partial charge >= 0.3 is 0 Å². The number of hydrogen-bond donors (Lipinski definition) is 0. The van der Waals surface area contributed by atoms with Crippen molar-refractivity contribution in [3.63, 3.8) is 0 Å². The molecule has 0 aliphatic carbocycles. The summed E-state index contributed by atoms with van der Waals surface area (Å²) in [4.78, 5) is 25.4. The van der Waals surface area contributed by atoms with Crippen molar-refractivity contribution < 1.29 is 60.3 Å². The number of hydrogen-bond acceptors (Lipinski definition) is 6. The van der Waals surface area contributed by atoms with Crippen LogP contribution in [0.15, 0.2) is 110 Å². The molecule has 0 aliphatic rings. The van der Waals surface area contributed by atoms with E-state index in [0.29, 0.717) is 0 Å². The predicted octanol–water partition coefficient (Wildman–Crippen LogP) is 6.75. The van der Waals surface area contributed by atoms with E-state index in [4.69, 9.17) is 0 Å². The van der Waals surface area contributed by atoms with Crippen LogP contribution in [0.3, 0.4) is 0 Å². The molecule has 219 valence electrons. The molecule has 3 aromatic heterocycles. The fourth-order valence-corrected chi connectivity index (χ4v) is 3.33. The number of nitrogens with zero attached hydrogens (tertiary/aromatic N) is 6. The zero-order valence-corrected chi connectivity index (χ0v) is 30.3. The van der Waals surface area contributed by atoms with Crippen LogP contribution in [0.25, 0.3) is 34.2 Å². The number of rotatable bonds is 3. The van der Waals surface area contributed by atoms with Crippen molar-refractivity contribution in [1.29, 1.82) is 0 Å². The average Bonchev–Trinajstić information content (AvgIpc) is 2.99. The molecule has 0 amide bonds. The normalized spacial score (nSPS) is 9.21. The first-order valence-electron chi connectivity index (χ1n) is 12.4. The van der Waals surface area contributed by atoms with Crippen molar-refractivity contribution in [2.24, 2.45) is 0 Å². The van der Waals surface area contributed by atoms with Gasteiger partial charge in [0, 0.05) is 96.0 Å². The zero-order valence-electron chi connectivity index (χ0n) is 23.1. The summed E-state index contributed by atoms with van der Waals surface area (Å²) in [5.41, 5.74) is 5.73. The fraction of sp³-hybridized carbons (Fsp3) is 0.0909. The van der Waals surface area contributed by atoms with Crippen LogP contribution in [0.5, 0.6) is 0 Å². The monoisotopic (exact) mass is 1090 g/mol. The Morgan fingerprint density at radius 1 is 0.405 bits per heavy atom. The van der Waals surface area contributed by atoms with E-state index in [-0.39, 0.29) is 60.3 Å². The van der Waals surface area contributed by atoms with Gasteiger partial charge < -0.3 is 0 Å². The third-order valence-corrected chi connectivity index (χ3v) is 5.23. The van der Waals surface area contributed by atoms with Crippen LogP contribution in [0.2, 0.25) is 0 Å². The van der Waals surface area contributed by atoms with Crippen molar-refractivity contribution in [1.82, 2.24) is 29.9 Å². The molecule has 0 fully saturated rings. The Hall–Kier alpha value is -3.15. The predicted molar refractivity (Wildman–Crippen MR) is 153 cm³/mol. The molecule has 0 N–H and O–H groups in total. The number of aryl methyl sites for hydroxylation is 3. The topological polar surface area (TPSA) is 77.3 Å². The first-order valence-corrected chi connectivity index (χ1v) is 12.4. The van der Waals surface area contributed by atoms with Crippen LogP contribution in [0.4, 0.5) is 0 Å². The third kappa shape index (κ3) is 12.0. The molecular weight excluding hydrogens is 1060 g/mol. The van der Waals surface area contributed by atoms with Gasteiger partial charge in [-0.1, -0.05) is 0 Å². The summed E-state index contributed by atoms with van der Waals surface area (Å²) in [7, 11) is 0. The quantitative estimate of drug-likeness (QED) is 0.183. The van der Waals surface area contributed by atoms with Gasteiger partial charge in [-0.05, 0) is 39.0 Å². The minimum absolute atomic E-state index is 0. The van der Waals surface area contributed by atoms with Crippen LogP contribution in [-0.2, 0) is 60.3 Å². The van der Waals surface area contributed by atoms with Crippen LogP contribution in [-0.4, -0.2) is 29.9 Å². The molecule has 0 unspecified atom stereocenters. The summed E-state index contributed by atoms with van der Waals surface area (Å²) in [6.45, 7) is 5.86. The van der Waals surface area contributed by atoms with Crippen LogP contribution in [0, 0.1) is 39.0 Å². The molecule has 3 aromatic carbocycles. The Bertz CT molecular complexity index is 1400. The van der Waals surface area contributed by atoms with Crippen LogP contribution < -0.4 is 0 Å². The van der Waals surface area contributed by atoms with Gasteiger partial charge in [-0.3, -0.25) is 29.9 Å². The van der Waals surface area contributed by atoms with E-state index in [9.17, 15) is 0 Å². The van der Waals surface area contributed by atoms with Gasteiger partial charge in [0.15, 0.2) is 0 Å². The van der Waals surface area contributed by atoms with E-state index in [1.165, 1.54) is 0 Å². The average molecular weight is 1080 g/mol. The van der Waals surface area contributed by atoms with Crippen molar-refractivity contribution in [3.05, 3.63) is 145 Å². The maximum atomic E-state index is 4.30. The van der Waals surface area contributed by atoms with E-state index in [1.807, 2.05) is 112 Å². The molecular formula is C33H27Ir3N6-3. The molecule has 0 atom stereocenters. The van der Waals surface area contributed by atoms with Crippen LogP contribution in [0.1, 0.15) is 17.1 Å². The second-order valence-corrected chi connectivity index (χ2v) is 8.39. The SMILES string of the molecule is Cc1ccnc(-c2[c-]cccc2)n1.Cc1ccnc(-c2[c-]cccc2)n1.Cc1ccnc(-c2[c-]cccc2)n1.[Ir].[Ir].[Ir]. The van der Waals surface area contributed by atoms with E-state index >= 15 is 0 Å². The minimum atomic E-state index is 0. The second kappa shape index (κ2) is 19.9. The Balaban J connectivity index is 0.000000304. The standard InChI is InChI=1S/3C11H9N2.3Ir/c3*1-9-7-8-12-11(13-9)10-5-3-2-4-6-10;;;/h3*2-5,7-8H,1H3;;;/q3*-1;;;. The minimum Gasteiger partial charge on any atom is -0.285 e. The molecule has 0 spiro atoms. The Morgan fingerprint density at radius 2 is 0.690 bits per heavy atom. The van der Waals surface area contributed by atoms with E-state index < -0.39 is 0 Å². The number of aromatic nitrogens is 6. The first kappa shape index (κ1) is 36.9. The summed E-state index contributed by atoms with van der Waals surface area (Å²) < 4.78 is 0. The third-order valence-electron chi connectivity index (χ3n) is 5.23. The molecule has 0 saturated heterocycles. The molecule has 42 heavy (non-hydrogen) atoms. The van der Waals surface area contributed by atoms with Gasteiger partial charge in [-0.2, -0.15) is 0 Å². The summed E-state index contributed by atoms with van der Waals surface area (Å²) in [6.07, 6.45) is 5.29. The molecule has 0 bridgehead atoms. The molecule has 9 heteroatoms. The maximum absolute atomic E-state index is 4.30. The van der Waals surface area contributed by atoms with Crippen molar-refractivity contribution in [2.75, 3.05) is 0 Å². The van der Waals surface area contributed by atoms with Gasteiger partial charge in [0.05, 0.1) is 17.5 Å². The molecule has 3 radical (unpaired) electrons. The van der Waals surface area contributed by atoms with Gasteiger partial charge in [0.2, 0.25) is 0 Å². The number of benzene rings is 3. The van der Waals surface area contributed by atoms with Crippen molar-refractivity contribution in [2.45, 2.75) is 20.8 Å². The zero-order chi connectivity index (χ0) is 27.3. The smallest absolute Gasteiger partial charge is 0.0751 e. The molecule has 0 aliphatic heterocycles. The van der Waals surface area contributed by atoms with Crippen LogP contribution >= 0.6 is 0 Å². The Labute approximate surface area is 288 Å². The molecule has 6 nitrogen and oxygen atoms in total. The van der Waals surface area contributed by atoms with E-state index in [1.54, 1.807) is 18.6 Å². The van der Waals surface area contributed by atoms with Gasteiger partial charge in [0.1, 0.15) is 0 Å². The van der Waals surface area contributed by atoms with Crippen molar-refractivity contribution in [3.8, 4) is 34.2 Å². The molecule has 3 heterocycles. The molecule has 0 saturated carbocycles. The van der Waals surface area contributed by atoms with Crippen molar-refractivity contribution >= 4 is 0 Å². The first-order chi connectivity index (χ1) is 19.1. The van der Waals surface area contributed by atoms with E-state index in [2.05, 4.69) is 48.1 Å². The fourth-order valence-electron chi connectivity index (χ4n) is 3.33. The summed E-state index contributed by atoms with van der Waals surface area (Å²) >= 11 is 0. The second-order valence-electron chi connectivity index (χ2n) is 8.39. The molecule has 6 rings (SSSR count). The molecule has 6 aromatic rings. The summed E-state index contributed by atoms with van der Waals surface area (Å²) in [5, 5.41) is 0. The Morgan fingerprint density at radius 3 is 0.905 bits per heavy atom. The van der Waals surface area contributed by atoms with Gasteiger partial charge in [0.25, 0.3) is 0 Å².